The lowest BCUT2D eigenvalue weighted by molar-refractivity contribution is -0.111. The summed E-state index contributed by atoms with van der Waals surface area (Å²) in [6.45, 7) is 2.81. The van der Waals surface area contributed by atoms with E-state index in [2.05, 4.69) is 17.2 Å². The lowest BCUT2D eigenvalue weighted by Crippen LogP contribution is -2.07. The van der Waals surface area contributed by atoms with Crippen LogP contribution in [0.3, 0.4) is 0 Å². The van der Waals surface area contributed by atoms with Crippen LogP contribution in [-0.4, -0.2) is 17.5 Å². The highest BCUT2D eigenvalue weighted by atomic mass is 32.1. The molecule has 0 aliphatic carbocycles. The molecule has 0 aliphatic rings. The fourth-order valence-corrected chi connectivity index (χ4v) is 3.17. The van der Waals surface area contributed by atoms with E-state index in [1.54, 1.807) is 18.2 Å². The maximum absolute atomic E-state index is 12.9. The van der Waals surface area contributed by atoms with E-state index in [0.717, 1.165) is 34.4 Å². The molecule has 134 valence electrons. The summed E-state index contributed by atoms with van der Waals surface area (Å²) in [6.07, 6.45) is 5.13. The zero-order valence-corrected chi connectivity index (χ0v) is 15.2. The lowest BCUT2D eigenvalue weighted by Gasteiger charge is -2.04. The van der Waals surface area contributed by atoms with Gasteiger partial charge < -0.3 is 4.74 Å². The summed E-state index contributed by atoms with van der Waals surface area (Å²) in [6, 6.07) is 11.6. The van der Waals surface area contributed by atoms with Crippen molar-refractivity contribution >= 4 is 38.7 Å². The van der Waals surface area contributed by atoms with Crippen molar-refractivity contribution in [1.82, 2.24) is 4.98 Å². The second kappa shape index (κ2) is 8.58. The number of rotatable bonds is 7. The molecule has 0 fully saturated rings. The second-order valence-corrected chi connectivity index (χ2v) is 6.76. The van der Waals surface area contributed by atoms with Crippen LogP contribution in [0, 0.1) is 5.82 Å². The Morgan fingerprint density at radius 1 is 1.27 bits per heavy atom. The second-order valence-electron chi connectivity index (χ2n) is 5.72. The third-order valence-corrected chi connectivity index (χ3v) is 4.59. The van der Waals surface area contributed by atoms with Crippen LogP contribution < -0.4 is 10.1 Å². The van der Waals surface area contributed by atoms with E-state index in [-0.39, 0.29) is 11.7 Å². The molecule has 1 aromatic heterocycles. The number of benzene rings is 2. The van der Waals surface area contributed by atoms with Gasteiger partial charge in [-0.15, -0.1) is 0 Å². The Morgan fingerprint density at radius 2 is 2.08 bits per heavy atom. The zero-order chi connectivity index (χ0) is 18.4. The van der Waals surface area contributed by atoms with Crippen molar-refractivity contribution in [3.05, 3.63) is 59.9 Å². The van der Waals surface area contributed by atoms with Crippen molar-refractivity contribution in [2.24, 2.45) is 0 Å². The molecule has 3 aromatic rings. The van der Waals surface area contributed by atoms with E-state index in [4.69, 9.17) is 4.74 Å². The highest BCUT2D eigenvalue weighted by Crippen LogP contribution is 2.29. The molecule has 0 saturated heterocycles. The third-order valence-electron chi connectivity index (χ3n) is 3.65. The van der Waals surface area contributed by atoms with Gasteiger partial charge in [0, 0.05) is 6.08 Å². The van der Waals surface area contributed by atoms with Gasteiger partial charge in [0.25, 0.3) is 0 Å². The smallest absolute Gasteiger partial charge is 0.250 e. The summed E-state index contributed by atoms with van der Waals surface area (Å²) >= 11 is 1.40. The van der Waals surface area contributed by atoms with Gasteiger partial charge in [0.2, 0.25) is 5.91 Å². The number of anilines is 1. The Balaban J connectivity index is 1.64. The van der Waals surface area contributed by atoms with Gasteiger partial charge in [-0.1, -0.05) is 36.8 Å². The number of thiazole rings is 1. The molecule has 0 spiro atoms. The van der Waals surface area contributed by atoms with Crippen molar-refractivity contribution in [1.29, 1.82) is 0 Å². The fourth-order valence-electron chi connectivity index (χ4n) is 2.28. The molecular weight excluding hydrogens is 351 g/mol. The number of hydrogen-bond acceptors (Lipinski definition) is 4. The van der Waals surface area contributed by atoms with E-state index in [9.17, 15) is 9.18 Å². The number of nitrogens with one attached hydrogen (secondary N) is 1. The first-order valence-corrected chi connectivity index (χ1v) is 9.24. The van der Waals surface area contributed by atoms with E-state index >= 15 is 0 Å². The number of ether oxygens (including phenoxy) is 1. The normalized spacial score (nSPS) is 11.2. The van der Waals surface area contributed by atoms with Crippen LogP contribution in [0.5, 0.6) is 5.75 Å². The molecule has 26 heavy (non-hydrogen) atoms. The number of carbonyl (C=O) groups excluding carboxylic acids is 1. The van der Waals surface area contributed by atoms with Gasteiger partial charge in [-0.05, 0) is 48.4 Å². The van der Waals surface area contributed by atoms with E-state index in [1.807, 2.05) is 18.2 Å². The molecule has 6 heteroatoms. The summed E-state index contributed by atoms with van der Waals surface area (Å²) in [5.41, 5.74) is 1.57. The molecule has 0 aliphatic heterocycles. The molecule has 2 aromatic carbocycles. The first kappa shape index (κ1) is 18.1. The highest BCUT2D eigenvalue weighted by molar-refractivity contribution is 7.22. The monoisotopic (exact) mass is 370 g/mol. The molecule has 1 heterocycles. The molecule has 4 nitrogen and oxygen atoms in total. The molecule has 0 atom stereocenters. The summed E-state index contributed by atoms with van der Waals surface area (Å²) < 4.78 is 19.5. The van der Waals surface area contributed by atoms with Gasteiger partial charge in [-0.25, -0.2) is 9.37 Å². The predicted octanol–water partition coefficient (Wildman–Crippen LogP) is 5.27. The molecule has 0 radical (unpaired) electrons. The molecule has 0 saturated carbocycles. The number of carbonyl (C=O) groups is 1. The first-order valence-electron chi connectivity index (χ1n) is 8.42. The Labute approximate surface area is 155 Å². The van der Waals surface area contributed by atoms with E-state index in [0.29, 0.717) is 11.7 Å². The SMILES string of the molecule is CCCCOc1ccc2nc(NC(=O)/C=C/c3ccc(F)cc3)sc2c1. The molecule has 1 amide bonds. The minimum absolute atomic E-state index is 0.284. The summed E-state index contributed by atoms with van der Waals surface area (Å²) in [7, 11) is 0. The number of halogens is 1. The third kappa shape index (κ3) is 4.89. The van der Waals surface area contributed by atoms with E-state index in [1.165, 1.54) is 29.5 Å². The Hall–Kier alpha value is -2.73. The molecule has 1 N–H and O–H groups in total. The van der Waals surface area contributed by atoms with Crippen LogP contribution in [-0.2, 0) is 4.79 Å². The Bertz CT molecular complexity index is 919. The Kier molecular flexibility index (Phi) is 5.96. The number of nitrogens with zero attached hydrogens (tertiary/aromatic N) is 1. The van der Waals surface area contributed by atoms with Crippen LogP contribution in [0.15, 0.2) is 48.5 Å². The highest BCUT2D eigenvalue weighted by Gasteiger charge is 2.07. The summed E-state index contributed by atoms with van der Waals surface area (Å²) in [4.78, 5) is 16.4. The fraction of sp³-hybridized carbons (Fsp3) is 0.200. The zero-order valence-electron chi connectivity index (χ0n) is 14.4. The number of fused-ring (bicyclic) bond motifs is 1. The van der Waals surface area contributed by atoms with Crippen molar-refractivity contribution < 1.29 is 13.9 Å². The van der Waals surface area contributed by atoms with Crippen LogP contribution in [0.1, 0.15) is 25.3 Å². The van der Waals surface area contributed by atoms with Crippen LogP contribution in [0.25, 0.3) is 16.3 Å². The number of amides is 1. The Morgan fingerprint density at radius 3 is 2.85 bits per heavy atom. The maximum atomic E-state index is 12.9. The molecule has 0 unspecified atom stereocenters. The topological polar surface area (TPSA) is 51.2 Å². The molecular formula is C20H19FN2O2S. The number of unbranched alkanes of at least 4 members (excludes halogenated alkanes) is 1. The van der Waals surface area contributed by atoms with Gasteiger partial charge in [0.05, 0.1) is 16.8 Å². The molecule has 3 rings (SSSR count). The first-order chi connectivity index (χ1) is 12.6. The van der Waals surface area contributed by atoms with Gasteiger partial charge in [-0.3, -0.25) is 10.1 Å². The summed E-state index contributed by atoms with van der Waals surface area (Å²) in [5.74, 6) is 0.218. The average molecular weight is 370 g/mol. The van der Waals surface area contributed by atoms with Crippen molar-refractivity contribution in [3.8, 4) is 5.75 Å². The largest absolute Gasteiger partial charge is 0.494 e. The van der Waals surface area contributed by atoms with Crippen LogP contribution in [0.4, 0.5) is 9.52 Å². The predicted molar refractivity (Wildman–Crippen MR) is 104 cm³/mol. The quantitative estimate of drug-likeness (QED) is 0.455. The standard InChI is InChI=1S/C20H19FN2O2S/c1-2-3-12-25-16-9-10-17-18(13-16)26-20(22-17)23-19(24)11-6-14-4-7-15(21)8-5-14/h4-11,13H,2-3,12H2,1H3,(H,22,23,24)/b11-6+. The van der Waals surface area contributed by atoms with Crippen molar-refractivity contribution in [3.63, 3.8) is 0 Å². The number of hydrogen-bond donors (Lipinski definition) is 1. The lowest BCUT2D eigenvalue weighted by atomic mass is 10.2. The van der Waals surface area contributed by atoms with Gasteiger partial charge in [-0.2, -0.15) is 0 Å². The van der Waals surface area contributed by atoms with Gasteiger partial charge >= 0.3 is 0 Å². The van der Waals surface area contributed by atoms with Crippen LogP contribution >= 0.6 is 11.3 Å². The molecule has 0 bridgehead atoms. The average Bonchev–Trinajstić information content (AvgIpc) is 3.03. The van der Waals surface area contributed by atoms with Crippen molar-refractivity contribution in [2.45, 2.75) is 19.8 Å². The van der Waals surface area contributed by atoms with Crippen LogP contribution in [0.2, 0.25) is 0 Å². The number of aromatic nitrogens is 1. The summed E-state index contributed by atoms with van der Waals surface area (Å²) in [5, 5.41) is 3.28. The van der Waals surface area contributed by atoms with Gasteiger partial charge in [0.15, 0.2) is 5.13 Å². The minimum atomic E-state index is -0.306. The van der Waals surface area contributed by atoms with Gasteiger partial charge in [0.1, 0.15) is 11.6 Å². The minimum Gasteiger partial charge on any atom is -0.494 e. The maximum Gasteiger partial charge on any atom is 0.250 e. The van der Waals surface area contributed by atoms with E-state index < -0.39 is 0 Å². The van der Waals surface area contributed by atoms with Crippen molar-refractivity contribution in [2.75, 3.05) is 11.9 Å².